The average molecular weight is 332 g/mol. The summed E-state index contributed by atoms with van der Waals surface area (Å²) in [4.78, 5) is 18.2. The summed E-state index contributed by atoms with van der Waals surface area (Å²) in [5.41, 5.74) is 2.29. The van der Waals surface area contributed by atoms with Crippen LogP contribution < -0.4 is 5.32 Å². The molecule has 0 atom stereocenters. The quantitative estimate of drug-likeness (QED) is 0.846. The number of aromatic nitrogens is 1. The van der Waals surface area contributed by atoms with Crippen LogP contribution >= 0.6 is 11.3 Å². The van der Waals surface area contributed by atoms with E-state index in [2.05, 4.69) is 5.32 Å². The van der Waals surface area contributed by atoms with Gasteiger partial charge in [0.05, 0.1) is 10.7 Å². The second kappa shape index (κ2) is 7.21. The number of thiazole rings is 1. The van der Waals surface area contributed by atoms with Crippen molar-refractivity contribution in [3.63, 3.8) is 0 Å². The van der Waals surface area contributed by atoms with E-state index in [0.717, 1.165) is 19.3 Å². The Morgan fingerprint density at radius 3 is 2.96 bits per heavy atom. The Hall–Kier alpha value is -1.75. The van der Waals surface area contributed by atoms with Crippen LogP contribution in [0.15, 0.2) is 18.2 Å². The van der Waals surface area contributed by atoms with Crippen molar-refractivity contribution in [1.29, 1.82) is 0 Å². The summed E-state index contributed by atoms with van der Waals surface area (Å²) in [6.07, 6.45) is 6.60. The van der Waals surface area contributed by atoms with Gasteiger partial charge in [-0.3, -0.25) is 4.79 Å². The lowest BCUT2D eigenvalue weighted by molar-refractivity contribution is 0.0953. The summed E-state index contributed by atoms with van der Waals surface area (Å²) in [6.45, 7) is 2.27. The van der Waals surface area contributed by atoms with Crippen LogP contribution in [0.1, 0.15) is 50.8 Å². The monoisotopic (exact) mass is 332 g/mol. The number of amides is 1. The number of nitrogens with zero attached hydrogens (tertiary/aromatic N) is 1. The summed E-state index contributed by atoms with van der Waals surface area (Å²) >= 11 is 1.83. The highest BCUT2D eigenvalue weighted by Crippen LogP contribution is 2.27. The lowest BCUT2D eigenvalue weighted by atomic mass is 10.0. The third kappa shape index (κ3) is 3.96. The third-order valence-electron chi connectivity index (χ3n) is 4.16. The number of halogens is 1. The number of fused-ring (bicyclic) bond motifs is 1. The number of carbonyl (C=O) groups excluding carboxylic acids is 1. The number of hydrogen-bond donors (Lipinski definition) is 1. The minimum Gasteiger partial charge on any atom is -0.352 e. The van der Waals surface area contributed by atoms with Crippen molar-refractivity contribution >= 4 is 17.2 Å². The van der Waals surface area contributed by atoms with Gasteiger partial charge in [-0.1, -0.05) is 0 Å². The Morgan fingerprint density at radius 2 is 2.17 bits per heavy atom. The molecule has 0 saturated carbocycles. The molecule has 3 rings (SSSR count). The third-order valence-corrected chi connectivity index (χ3v) is 5.38. The molecule has 0 fully saturated rings. The average Bonchev–Trinajstić information content (AvgIpc) is 2.96. The van der Waals surface area contributed by atoms with Gasteiger partial charge >= 0.3 is 0 Å². The summed E-state index contributed by atoms with van der Waals surface area (Å²) < 4.78 is 13.2. The first kappa shape index (κ1) is 16.1. The molecule has 1 heterocycles. The summed E-state index contributed by atoms with van der Waals surface area (Å²) in [5, 5.41) is 4.08. The van der Waals surface area contributed by atoms with Crippen LogP contribution in [-0.2, 0) is 19.3 Å². The van der Waals surface area contributed by atoms with Crippen molar-refractivity contribution in [2.45, 2.75) is 45.4 Å². The molecule has 1 aromatic carbocycles. The lowest BCUT2D eigenvalue weighted by Crippen LogP contribution is -2.24. The number of benzene rings is 1. The van der Waals surface area contributed by atoms with Crippen molar-refractivity contribution < 1.29 is 9.18 Å². The van der Waals surface area contributed by atoms with Gasteiger partial charge in [0.25, 0.3) is 5.91 Å². The van der Waals surface area contributed by atoms with Gasteiger partial charge in [0.1, 0.15) is 5.82 Å². The molecule has 0 unspecified atom stereocenters. The Morgan fingerprint density at radius 1 is 1.35 bits per heavy atom. The van der Waals surface area contributed by atoms with Crippen LogP contribution in [0, 0.1) is 12.7 Å². The molecule has 0 saturated heterocycles. The fourth-order valence-corrected chi connectivity index (χ4v) is 4.04. The Kier molecular flexibility index (Phi) is 5.06. The van der Waals surface area contributed by atoms with Gasteiger partial charge in [-0.15, -0.1) is 11.3 Å². The molecule has 1 N–H and O–H groups in total. The Labute approximate surface area is 140 Å². The van der Waals surface area contributed by atoms with E-state index < -0.39 is 0 Å². The maximum atomic E-state index is 13.2. The molecule has 1 aliphatic carbocycles. The van der Waals surface area contributed by atoms with Crippen molar-refractivity contribution in [2.24, 2.45) is 0 Å². The molecule has 1 aromatic heterocycles. The molecule has 0 aliphatic heterocycles. The first-order valence-electron chi connectivity index (χ1n) is 8.15. The molecule has 0 bridgehead atoms. The van der Waals surface area contributed by atoms with Crippen LogP contribution in [0.5, 0.6) is 0 Å². The number of hydrogen-bond acceptors (Lipinski definition) is 3. The minimum atomic E-state index is -0.283. The second-order valence-corrected chi connectivity index (χ2v) is 7.18. The van der Waals surface area contributed by atoms with E-state index in [-0.39, 0.29) is 11.7 Å². The van der Waals surface area contributed by atoms with E-state index in [9.17, 15) is 9.18 Å². The molecule has 3 nitrogen and oxygen atoms in total. The molecule has 1 aliphatic rings. The molecule has 1 amide bonds. The van der Waals surface area contributed by atoms with E-state index >= 15 is 0 Å². The highest BCUT2D eigenvalue weighted by Gasteiger charge is 2.14. The van der Waals surface area contributed by atoms with Crippen LogP contribution in [-0.4, -0.2) is 17.4 Å². The Balaban J connectivity index is 1.46. The van der Waals surface area contributed by atoms with Gasteiger partial charge < -0.3 is 5.32 Å². The van der Waals surface area contributed by atoms with Gasteiger partial charge in [0.2, 0.25) is 0 Å². The molecule has 5 heteroatoms. The van der Waals surface area contributed by atoms with Gasteiger partial charge in [0, 0.05) is 23.4 Å². The topological polar surface area (TPSA) is 42.0 Å². The SMILES string of the molecule is Cc1cc(C(=O)NCCCc2nc3c(s2)CCCC3)ccc1F. The van der Waals surface area contributed by atoms with Crippen molar-refractivity contribution in [3.05, 3.63) is 50.7 Å². The predicted molar refractivity (Wildman–Crippen MR) is 90.5 cm³/mol. The fourth-order valence-electron chi connectivity index (χ4n) is 2.84. The summed E-state index contributed by atoms with van der Waals surface area (Å²) in [6, 6.07) is 4.44. The van der Waals surface area contributed by atoms with Crippen LogP contribution in [0.3, 0.4) is 0 Å². The van der Waals surface area contributed by atoms with E-state index in [0.29, 0.717) is 17.7 Å². The summed E-state index contributed by atoms with van der Waals surface area (Å²) in [7, 11) is 0. The lowest BCUT2D eigenvalue weighted by Gasteiger charge is -2.06. The zero-order valence-corrected chi connectivity index (χ0v) is 14.1. The number of carbonyl (C=O) groups is 1. The molecule has 0 spiro atoms. The number of rotatable bonds is 5. The van der Waals surface area contributed by atoms with E-state index in [1.165, 1.54) is 47.0 Å². The van der Waals surface area contributed by atoms with Crippen molar-refractivity contribution in [2.75, 3.05) is 6.54 Å². The van der Waals surface area contributed by atoms with Crippen LogP contribution in [0.25, 0.3) is 0 Å². The van der Waals surface area contributed by atoms with Crippen LogP contribution in [0.2, 0.25) is 0 Å². The minimum absolute atomic E-state index is 0.147. The smallest absolute Gasteiger partial charge is 0.251 e. The van der Waals surface area contributed by atoms with Gasteiger partial charge in [-0.25, -0.2) is 9.37 Å². The van der Waals surface area contributed by atoms with E-state index in [1.54, 1.807) is 13.0 Å². The van der Waals surface area contributed by atoms with E-state index in [1.807, 2.05) is 11.3 Å². The van der Waals surface area contributed by atoms with Gasteiger partial charge in [-0.2, -0.15) is 0 Å². The zero-order valence-electron chi connectivity index (χ0n) is 13.3. The highest BCUT2D eigenvalue weighted by atomic mass is 32.1. The molecule has 2 aromatic rings. The first-order valence-corrected chi connectivity index (χ1v) is 8.97. The fraction of sp³-hybridized carbons (Fsp3) is 0.444. The van der Waals surface area contributed by atoms with Crippen LogP contribution in [0.4, 0.5) is 4.39 Å². The maximum absolute atomic E-state index is 13.2. The Bertz CT molecular complexity index is 688. The van der Waals surface area contributed by atoms with Crippen molar-refractivity contribution in [3.8, 4) is 0 Å². The standard InChI is InChI=1S/C18H21FN2OS/c1-12-11-13(8-9-14(12)19)18(22)20-10-4-7-17-21-15-5-2-3-6-16(15)23-17/h8-9,11H,2-7,10H2,1H3,(H,20,22). The van der Waals surface area contributed by atoms with Crippen molar-refractivity contribution in [1.82, 2.24) is 10.3 Å². The normalized spacial score (nSPS) is 13.7. The molecule has 23 heavy (non-hydrogen) atoms. The largest absolute Gasteiger partial charge is 0.352 e. The molecule has 122 valence electrons. The highest BCUT2D eigenvalue weighted by molar-refractivity contribution is 7.11. The maximum Gasteiger partial charge on any atom is 0.251 e. The van der Waals surface area contributed by atoms with Gasteiger partial charge in [0.15, 0.2) is 0 Å². The van der Waals surface area contributed by atoms with Gasteiger partial charge in [-0.05, 0) is 62.8 Å². The van der Waals surface area contributed by atoms with E-state index in [4.69, 9.17) is 4.98 Å². The summed E-state index contributed by atoms with van der Waals surface area (Å²) in [5.74, 6) is -0.430. The molecular formula is C18H21FN2OS. The molecule has 0 radical (unpaired) electrons. The second-order valence-electron chi connectivity index (χ2n) is 6.01. The zero-order chi connectivity index (χ0) is 16.2. The number of aryl methyl sites for hydroxylation is 4. The first-order chi connectivity index (χ1) is 11.1. The molecular weight excluding hydrogens is 311 g/mol. The number of nitrogens with one attached hydrogen (secondary N) is 1. The predicted octanol–water partition coefficient (Wildman–Crippen LogP) is 3.83.